The first-order valence-electron chi connectivity index (χ1n) is 8.14. The van der Waals surface area contributed by atoms with E-state index in [1.807, 2.05) is 30.3 Å². The second-order valence-electron chi connectivity index (χ2n) is 6.41. The molecule has 2 saturated heterocycles. The van der Waals surface area contributed by atoms with E-state index in [0.717, 1.165) is 49.1 Å². The number of hydrogen-bond donors (Lipinski definition) is 0. The van der Waals surface area contributed by atoms with Crippen LogP contribution in [0.3, 0.4) is 0 Å². The highest BCUT2D eigenvalue weighted by Gasteiger charge is 2.42. The predicted octanol–water partition coefficient (Wildman–Crippen LogP) is 2.98. The van der Waals surface area contributed by atoms with Crippen LogP contribution in [0.25, 0.3) is 11.4 Å². The van der Waals surface area contributed by atoms with E-state index in [9.17, 15) is 0 Å². The van der Waals surface area contributed by atoms with E-state index in [0.29, 0.717) is 6.61 Å². The maximum Gasteiger partial charge on any atom is 0.205 e. The third kappa shape index (κ3) is 3.11. The van der Waals surface area contributed by atoms with Gasteiger partial charge in [-0.2, -0.15) is 9.36 Å². The Balaban J connectivity index is 1.56. The molecule has 3 heterocycles. The molecule has 0 unspecified atom stereocenters. The molecule has 6 heteroatoms. The second-order valence-corrected chi connectivity index (χ2v) is 7.15. The van der Waals surface area contributed by atoms with Crippen molar-refractivity contribution in [1.29, 1.82) is 0 Å². The second kappa shape index (κ2) is 6.19. The lowest BCUT2D eigenvalue weighted by Crippen LogP contribution is -2.58. The van der Waals surface area contributed by atoms with Gasteiger partial charge in [0.05, 0.1) is 19.3 Å². The highest BCUT2D eigenvalue weighted by molar-refractivity contribution is 7.09. The number of anilines is 1. The Morgan fingerprint density at radius 3 is 2.96 bits per heavy atom. The summed E-state index contributed by atoms with van der Waals surface area (Å²) in [5.41, 5.74) is 0.876. The van der Waals surface area contributed by atoms with Crippen LogP contribution in [0.1, 0.15) is 19.8 Å². The maximum atomic E-state index is 6.25. The summed E-state index contributed by atoms with van der Waals surface area (Å²) < 4.78 is 16.5. The molecular formula is C17H21N3O2S. The average Bonchev–Trinajstić information content (AvgIpc) is 3.06. The number of morpholine rings is 1. The lowest BCUT2D eigenvalue weighted by Gasteiger charge is -2.47. The molecular weight excluding hydrogens is 310 g/mol. The first-order valence-corrected chi connectivity index (χ1v) is 8.91. The number of hydrogen-bond acceptors (Lipinski definition) is 6. The molecule has 2 aliphatic heterocycles. The van der Waals surface area contributed by atoms with Gasteiger partial charge >= 0.3 is 0 Å². The van der Waals surface area contributed by atoms with Crippen LogP contribution in [0.2, 0.25) is 0 Å². The summed E-state index contributed by atoms with van der Waals surface area (Å²) in [6.45, 7) is 5.34. The van der Waals surface area contributed by atoms with Crippen molar-refractivity contribution in [2.24, 2.45) is 0 Å². The third-order valence-electron chi connectivity index (χ3n) is 4.41. The van der Waals surface area contributed by atoms with Gasteiger partial charge in [0.1, 0.15) is 5.60 Å². The van der Waals surface area contributed by atoms with E-state index in [2.05, 4.69) is 16.2 Å². The van der Waals surface area contributed by atoms with Gasteiger partial charge in [-0.1, -0.05) is 30.3 Å². The van der Waals surface area contributed by atoms with Crippen LogP contribution >= 0.6 is 11.5 Å². The highest BCUT2D eigenvalue weighted by Crippen LogP contribution is 2.33. The molecule has 4 rings (SSSR count). The van der Waals surface area contributed by atoms with Crippen molar-refractivity contribution in [3.63, 3.8) is 0 Å². The van der Waals surface area contributed by atoms with Crippen LogP contribution in [0, 0.1) is 0 Å². The molecule has 122 valence electrons. The molecule has 1 aromatic carbocycles. The van der Waals surface area contributed by atoms with Crippen molar-refractivity contribution < 1.29 is 9.47 Å². The van der Waals surface area contributed by atoms with E-state index >= 15 is 0 Å². The van der Waals surface area contributed by atoms with E-state index in [-0.39, 0.29) is 11.7 Å². The van der Waals surface area contributed by atoms with Crippen molar-refractivity contribution in [1.82, 2.24) is 9.36 Å². The van der Waals surface area contributed by atoms with Gasteiger partial charge in [-0.25, -0.2) is 0 Å². The molecule has 0 N–H and O–H groups in total. The molecule has 0 aliphatic carbocycles. The fourth-order valence-corrected chi connectivity index (χ4v) is 4.16. The Morgan fingerprint density at radius 1 is 1.30 bits per heavy atom. The Morgan fingerprint density at radius 2 is 2.17 bits per heavy atom. The average molecular weight is 331 g/mol. The molecule has 23 heavy (non-hydrogen) atoms. The fraction of sp³-hybridized carbons (Fsp3) is 0.529. The summed E-state index contributed by atoms with van der Waals surface area (Å²) in [5, 5.41) is 0.976. The van der Waals surface area contributed by atoms with Crippen LogP contribution in [-0.4, -0.2) is 47.4 Å². The minimum absolute atomic E-state index is 0.175. The lowest BCUT2D eigenvalue weighted by atomic mass is 9.93. The molecule has 2 atom stereocenters. The molecule has 1 aromatic heterocycles. The van der Waals surface area contributed by atoms with Gasteiger partial charge in [-0.3, -0.25) is 0 Å². The van der Waals surface area contributed by atoms with Gasteiger partial charge in [-0.15, -0.1) is 0 Å². The predicted molar refractivity (Wildman–Crippen MR) is 90.9 cm³/mol. The number of rotatable bonds is 2. The molecule has 1 spiro atoms. The minimum Gasteiger partial charge on any atom is -0.378 e. The van der Waals surface area contributed by atoms with Crippen LogP contribution in [-0.2, 0) is 9.47 Å². The van der Waals surface area contributed by atoms with Crippen LogP contribution in [0.4, 0.5) is 5.13 Å². The normalized spacial score (nSPS) is 28.2. The summed E-state index contributed by atoms with van der Waals surface area (Å²) in [4.78, 5) is 7.07. The van der Waals surface area contributed by atoms with Crippen LogP contribution in [0.15, 0.2) is 30.3 Å². The molecule has 0 saturated carbocycles. The molecule has 0 amide bonds. The molecule has 2 aromatic rings. The summed E-state index contributed by atoms with van der Waals surface area (Å²) >= 11 is 1.47. The fourth-order valence-electron chi connectivity index (χ4n) is 3.46. The van der Waals surface area contributed by atoms with E-state index in [1.54, 1.807) is 0 Å². The van der Waals surface area contributed by atoms with Gasteiger partial charge in [0.2, 0.25) is 5.13 Å². The summed E-state index contributed by atoms with van der Waals surface area (Å²) in [6, 6.07) is 10.1. The lowest BCUT2D eigenvalue weighted by molar-refractivity contribution is -0.160. The summed E-state index contributed by atoms with van der Waals surface area (Å²) in [6.07, 6.45) is 2.29. The van der Waals surface area contributed by atoms with E-state index < -0.39 is 0 Å². The topological polar surface area (TPSA) is 47.5 Å². The number of ether oxygens (including phenoxy) is 2. The molecule has 2 aliphatic rings. The van der Waals surface area contributed by atoms with E-state index in [1.165, 1.54) is 11.5 Å². The maximum absolute atomic E-state index is 6.25. The Hall–Kier alpha value is -1.50. The van der Waals surface area contributed by atoms with Crippen LogP contribution < -0.4 is 4.90 Å². The summed E-state index contributed by atoms with van der Waals surface area (Å²) in [5.74, 6) is 0.804. The monoisotopic (exact) mass is 331 g/mol. The van der Waals surface area contributed by atoms with Gasteiger partial charge in [-0.05, 0) is 19.8 Å². The Bertz CT molecular complexity index is 655. The van der Waals surface area contributed by atoms with Crippen molar-refractivity contribution in [2.75, 3.05) is 31.2 Å². The van der Waals surface area contributed by atoms with Gasteiger partial charge < -0.3 is 14.4 Å². The standard InChI is InChI=1S/C17H21N3O2S/c1-13-10-20(11-17(22-13)8-5-9-21-12-17)16-18-15(19-23-16)14-6-3-2-4-7-14/h2-4,6-7,13H,5,8-12H2,1H3/t13-,17+/m1/s1. The Labute approximate surface area is 140 Å². The summed E-state index contributed by atoms with van der Waals surface area (Å²) in [7, 11) is 0. The van der Waals surface area contributed by atoms with Gasteiger partial charge in [0, 0.05) is 30.2 Å². The number of aromatic nitrogens is 2. The number of benzene rings is 1. The first-order chi connectivity index (χ1) is 11.2. The van der Waals surface area contributed by atoms with Crippen LogP contribution in [0.5, 0.6) is 0 Å². The SMILES string of the molecule is C[C@@H]1CN(c2nc(-c3ccccc3)ns2)C[C@]2(CCCOC2)O1. The molecule has 0 bridgehead atoms. The minimum atomic E-state index is -0.186. The van der Waals surface area contributed by atoms with Gasteiger partial charge in [0.15, 0.2) is 5.82 Å². The third-order valence-corrected chi connectivity index (χ3v) is 5.19. The van der Waals surface area contributed by atoms with Crippen molar-refractivity contribution in [3.8, 4) is 11.4 Å². The zero-order chi connectivity index (χ0) is 15.7. The molecule has 2 fully saturated rings. The molecule has 0 radical (unpaired) electrons. The quantitative estimate of drug-likeness (QED) is 0.847. The largest absolute Gasteiger partial charge is 0.378 e. The van der Waals surface area contributed by atoms with Gasteiger partial charge in [0.25, 0.3) is 0 Å². The van der Waals surface area contributed by atoms with E-state index in [4.69, 9.17) is 14.5 Å². The van der Waals surface area contributed by atoms with Crippen molar-refractivity contribution in [2.45, 2.75) is 31.5 Å². The molecule has 5 nitrogen and oxygen atoms in total. The number of nitrogens with zero attached hydrogens (tertiary/aromatic N) is 3. The zero-order valence-electron chi connectivity index (χ0n) is 13.3. The van der Waals surface area contributed by atoms with Crippen molar-refractivity contribution in [3.05, 3.63) is 30.3 Å². The Kier molecular flexibility index (Phi) is 4.05. The van der Waals surface area contributed by atoms with Crippen molar-refractivity contribution >= 4 is 16.7 Å². The smallest absolute Gasteiger partial charge is 0.205 e. The zero-order valence-corrected chi connectivity index (χ0v) is 14.1. The highest BCUT2D eigenvalue weighted by atomic mass is 32.1. The first kappa shape index (κ1) is 15.1.